The molecule has 0 spiro atoms. The summed E-state index contributed by atoms with van der Waals surface area (Å²) in [6.07, 6.45) is 4.00. The third-order valence-electron chi connectivity index (χ3n) is 13.2. The van der Waals surface area contributed by atoms with Crippen LogP contribution in [0, 0.1) is 23.3 Å². The second kappa shape index (κ2) is 27.7. The molecule has 0 bridgehead atoms. The summed E-state index contributed by atoms with van der Waals surface area (Å²) in [4.78, 5) is 17.2. The van der Waals surface area contributed by atoms with Gasteiger partial charge in [-0.25, -0.2) is 17.6 Å². The Kier molecular flexibility index (Phi) is 21.3. The summed E-state index contributed by atoms with van der Waals surface area (Å²) in [7, 11) is 0. The van der Waals surface area contributed by atoms with Crippen LogP contribution in [0.1, 0.15) is 76.2 Å². The van der Waals surface area contributed by atoms with Gasteiger partial charge >= 0.3 is 18.9 Å². The molecular formula is C58H62AlF4LiN4O3S2. The number of rotatable bonds is 17. The fraction of sp³-hybridized carbons (Fsp3) is 0.293. The molecule has 8 aromatic rings. The number of furan rings is 2. The largest absolute Gasteiger partial charge is 1.00 e. The van der Waals surface area contributed by atoms with E-state index in [-0.39, 0.29) is 77.3 Å². The molecular weight excluding hydrogens is 975 g/mol. The Balaban J connectivity index is 0.000000232. The fourth-order valence-corrected chi connectivity index (χ4v) is 11.7. The van der Waals surface area contributed by atoms with Gasteiger partial charge < -0.3 is 25.8 Å². The van der Waals surface area contributed by atoms with Gasteiger partial charge in [-0.1, -0.05) is 84.9 Å². The normalized spacial score (nSPS) is 14.5. The molecule has 7 nitrogen and oxygen atoms in total. The fourth-order valence-electron chi connectivity index (χ4n) is 9.36. The van der Waals surface area contributed by atoms with Crippen LogP contribution in [0.5, 0.6) is 0 Å². The molecule has 4 heterocycles. The number of para-hydroxylation sites is 2. The summed E-state index contributed by atoms with van der Waals surface area (Å²) in [5.41, 5.74) is 5.73. The smallest absolute Gasteiger partial charge is 1.00 e. The predicted octanol–water partition coefficient (Wildman–Crippen LogP) is 9.15. The maximum Gasteiger partial charge on any atom is 1.00 e. The predicted molar refractivity (Wildman–Crippen MR) is 291 cm³/mol. The number of amides is 1. The molecule has 1 amide bonds. The van der Waals surface area contributed by atoms with Gasteiger partial charge in [0.25, 0.3) is 5.91 Å². The van der Waals surface area contributed by atoms with E-state index in [4.69, 9.17) is 8.83 Å². The monoisotopic (exact) mass is 1040 g/mol. The molecule has 2 saturated heterocycles. The number of nitrogens with one attached hydrogen (secondary N) is 2. The Morgan fingerprint density at radius 1 is 0.548 bits per heavy atom. The molecule has 10 rings (SSSR count). The average Bonchev–Trinajstić information content (AvgIpc) is 4.03. The molecule has 2 aromatic heterocycles. The van der Waals surface area contributed by atoms with E-state index in [1.165, 1.54) is 48.5 Å². The van der Waals surface area contributed by atoms with E-state index in [2.05, 4.69) is 27.7 Å². The van der Waals surface area contributed by atoms with Crippen molar-refractivity contribution in [2.45, 2.75) is 54.8 Å². The van der Waals surface area contributed by atoms with Crippen LogP contribution >= 0.6 is 23.5 Å². The first-order valence-electron chi connectivity index (χ1n) is 24.4. The van der Waals surface area contributed by atoms with Crippen LogP contribution < -0.4 is 29.5 Å². The van der Waals surface area contributed by atoms with Crippen molar-refractivity contribution in [1.29, 1.82) is 0 Å². The van der Waals surface area contributed by atoms with Crippen molar-refractivity contribution >= 4 is 68.7 Å². The topological polar surface area (TPSA) is 73.9 Å². The second-order valence-electron chi connectivity index (χ2n) is 18.1. The number of hydrogen-bond donors (Lipinski definition) is 2. The van der Waals surface area contributed by atoms with Gasteiger partial charge in [0.05, 0.1) is 17.0 Å². The summed E-state index contributed by atoms with van der Waals surface area (Å²) in [5.74, 6) is 2.10. The summed E-state index contributed by atoms with van der Waals surface area (Å²) >= 11 is 3.55. The molecule has 2 fully saturated rings. The Morgan fingerprint density at radius 2 is 0.932 bits per heavy atom. The zero-order valence-electron chi connectivity index (χ0n) is 41.5. The Morgan fingerprint density at radius 3 is 1.34 bits per heavy atom. The van der Waals surface area contributed by atoms with Gasteiger partial charge in [0.2, 0.25) is 0 Å². The Hall–Kier alpha value is -4.70. The van der Waals surface area contributed by atoms with E-state index in [9.17, 15) is 22.4 Å². The molecule has 6 aromatic carbocycles. The van der Waals surface area contributed by atoms with Gasteiger partial charge in [-0.2, -0.15) is 0 Å². The summed E-state index contributed by atoms with van der Waals surface area (Å²) in [5, 5.41) is 9.47. The van der Waals surface area contributed by atoms with Crippen LogP contribution in [0.3, 0.4) is 0 Å². The van der Waals surface area contributed by atoms with Crippen molar-refractivity contribution in [2.75, 3.05) is 50.8 Å². The molecule has 0 radical (unpaired) electrons. The van der Waals surface area contributed by atoms with Crippen molar-refractivity contribution in [3.05, 3.63) is 215 Å². The molecule has 0 unspecified atom stereocenters. The number of halogens is 4. The van der Waals surface area contributed by atoms with Crippen molar-refractivity contribution in [1.82, 2.24) is 20.4 Å². The number of hydrogen-bond acceptors (Lipinski definition) is 8. The minimum absolute atomic E-state index is 0. The summed E-state index contributed by atoms with van der Waals surface area (Å²) < 4.78 is 65.5. The minimum atomic E-state index is -0.270. The van der Waals surface area contributed by atoms with Gasteiger partial charge in [0, 0.05) is 73.6 Å². The van der Waals surface area contributed by atoms with Gasteiger partial charge in [-0.15, -0.1) is 23.5 Å². The standard InChI is InChI=1S/C29H28F2N2O2S.C29H30F2N2OS.Al.Li.4H/c30-23-9-5-20(6-10-23)28(21-7-11-24(31)12-8-21)36-18-15-32-25-13-16-33(17-14-25)29(34)27-19-22-3-1-2-4-26(22)35-27;30-24-9-5-21(6-10-24)29(22-7-11-25(31)12-8-22)35-18-15-32-26-13-16-33(17-14-26)20-27-19-23-3-1-2-4-28(23)34-27;;;;;;/h1-12,19,25,28,32H,13-18H2;1-12,19,26,29,32H,13-18,20H2;;;;;;/q;;;+1;;;;-1. The maximum atomic E-state index is 13.4. The van der Waals surface area contributed by atoms with Crippen LogP contribution in [-0.4, -0.2) is 95.9 Å². The molecule has 2 aliphatic heterocycles. The van der Waals surface area contributed by atoms with E-state index in [1.54, 1.807) is 47.8 Å². The van der Waals surface area contributed by atoms with Crippen molar-refractivity contribution < 1.29 is 51.5 Å². The van der Waals surface area contributed by atoms with Gasteiger partial charge in [-0.05, 0) is 121 Å². The minimum Gasteiger partial charge on any atom is -1.00 e. The van der Waals surface area contributed by atoms with E-state index in [0.29, 0.717) is 30.9 Å². The van der Waals surface area contributed by atoms with E-state index in [0.717, 1.165) is 120 Å². The van der Waals surface area contributed by atoms with Crippen molar-refractivity contribution in [2.24, 2.45) is 0 Å². The first kappa shape index (κ1) is 56.0. The number of piperidine rings is 2. The van der Waals surface area contributed by atoms with Gasteiger partial charge in [0.1, 0.15) is 40.2 Å². The molecule has 376 valence electrons. The summed E-state index contributed by atoms with van der Waals surface area (Å²) in [6.45, 7) is 6.05. The molecule has 0 aliphatic carbocycles. The molecule has 15 heteroatoms. The SMILES string of the molecule is Fc1ccc(C(SCCNC2CCN(Cc3cc4ccccc4o3)CC2)c2ccc(F)cc2)cc1.O=C(c1cc2ccccc2o1)N1CCC(NCCSC(c2ccc(F)cc2)c2ccc(F)cc2)CC1.[AlH3].[H-].[Li+]. The molecule has 73 heavy (non-hydrogen) atoms. The van der Waals surface area contributed by atoms with Crippen molar-refractivity contribution in [3.63, 3.8) is 0 Å². The van der Waals surface area contributed by atoms with Crippen LogP contribution in [0.4, 0.5) is 17.6 Å². The number of benzene rings is 6. The van der Waals surface area contributed by atoms with Gasteiger partial charge in [0.15, 0.2) is 23.1 Å². The van der Waals surface area contributed by atoms with Gasteiger partial charge in [-0.3, -0.25) is 9.69 Å². The van der Waals surface area contributed by atoms with Crippen LogP contribution in [0.25, 0.3) is 21.9 Å². The third-order valence-corrected chi connectivity index (χ3v) is 15.8. The van der Waals surface area contributed by atoms with Crippen LogP contribution in [0.15, 0.2) is 167 Å². The van der Waals surface area contributed by atoms with Crippen LogP contribution in [-0.2, 0) is 6.54 Å². The van der Waals surface area contributed by atoms with Crippen molar-refractivity contribution in [3.8, 4) is 0 Å². The number of carbonyl (C=O) groups excluding carboxylic acids is 1. The second-order valence-corrected chi connectivity index (χ2v) is 20.6. The molecule has 2 aliphatic rings. The Bertz CT molecular complexity index is 2780. The molecule has 2 N–H and O–H groups in total. The summed E-state index contributed by atoms with van der Waals surface area (Å²) in [6, 6.07) is 46.9. The maximum absolute atomic E-state index is 13.4. The molecule has 0 atom stereocenters. The zero-order valence-corrected chi connectivity index (χ0v) is 42.1. The van der Waals surface area contributed by atoms with E-state index in [1.807, 2.05) is 77.7 Å². The number of thioether (sulfide) groups is 2. The number of carbonyl (C=O) groups is 1. The zero-order chi connectivity index (χ0) is 48.9. The third kappa shape index (κ3) is 15.7. The number of fused-ring (bicyclic) bond motifs is 2. The Labute approximate surface area is 458 Å². The van der Waals surface area contributed by atoms with E-state index < -0.39 is 0 Å². The van der Waals surface area contributed by atoms with Crippen LogP contribution in [0.2, 0.25) is 0 Å². The first-order chi connectivity index (χ1) is 34.7. The average molecular weight is 1040 g/mol. The number of likely N-dealkylation sites (tertiary alicyclic amines) is 2. The first-order valence-corrected chi connectivity index (χ1v) is 26.5. The molecule has 0 saturated carbocycles. The number of nitrogens with zero attached hydrogens (tertiary/aromatic N) is 2. The quantitative estimate of drug-likeness (QED) is 0.0532. The van der Waals surface area contributed by atoms with E-state index >= 15 is 0 Å².